The molecule has 2 heterocycles. The summed E-state index contributed by atoms with van der Waals surface area (Å²) in [5.74, 6) is 0.121. The minimum atomic E-state index is -0.278. The molecule has 0 saturated carbocycles. The van der Waals surface area contributed by atoms with E-state index in [0.717, 1.165) is 12.8 Å². The van der Waals surface area contributed by atoms with E-state index in [1.54, 1.807) is 54.7 Å². The summed E-state index contributed by atoms with van der Waals surface area (Å²) in [6.45, 7) is 1.03. The van der Waals surface area contributed by atoms with Gasteiger partial charge in [0.05, 0.1) is 24.4 Å². The molecular weight excluding hydrogens is 332 g/mol. The first-order chi connectivity index (χ1) is 12.6. The van der Waals surface area contributed by atoms with Crippen molar-refractivity contribution in [2.45, 2.75) is 12.8 Å². The highest BCUT2D eigenvalue weighted by Gasteiger charge is 2.29. The highest BCUT2D eigenvalue weighted by Crippen LogP contribution is 2.26. The Bertz CT molecular complexity index is 795. The third-order valence-electron chi connectivity index (χ3n) is 4.52. The van der Waals surface area contributed by atoms with Gasteiger partial charge in [0.25, 0.3) is 5.91 Å². The van der Waals surface area contributed by atoms with E-state index in [1.165, 1.54) is 0 Å². The van der Waals surface area contributed by atoms with Crippen LogP contribution >= 0.6 is 0 Å². The number of hydrogen-bond acceptors (Lipinski definition) is 5. The molecule has 0 bridgehead atoms. The van der Waals surface area contributed by atoms with Crippen molar-refractivity contribution < 1.29 is 14.3 Å². The third-order valence-corrected chi connectivity index (χ3v) is 4.52. The molecule has 3 N–H and O–H groups in total. The Kier molecular flexibility index (Phi) is 5.36. The predicted octanol–water partition coefficient (Wildman–Crippen LogP) is 2.16. The van der Waals surface area contributed by atoms with Gasteiger partial charge in [0.15, 0.2) is 0 Å². The summed E-state index contributed by atoms with van der Waals surface area (Å²) in [5.41, 5.74) is 7.51. The van der Waals surface area contributed by atoms with Gasteiger partial charge in [-0.05, 0) is 37.1 Å². The first kappa shape index (κ1) is 17.7. The molecule has 2 aromatic rings. The van der Waals surface area contributed by atoms with Crippen molar-refractivity contribution in [3.8, 4) is 5.75 Å². The number of likely N-dealkylation sites (tertiary alicyclic amines) is 1. The van der Waals surface area contributed by atoms with Crippen molar-refractivity contribution in [1.29, 1.82) is 0 Å². The van der Waals surface area contributed by atoms with E-state index in [0.29, 0.717) is 35.8 Å². The van der Waals surface area contributed by atoms with Gasteiger partial charge >= 0.3 is 0 Å². The van der Waals surface area contributed by atoms with Crippen molar-refractivity contribution in [2.75, 3.05) is 31.2 Å². The highest BCUT2D eigenvalue weighted by atomic mass is 16.5. The van der Waals surface area contributed by atoms with Crippen LogP contribution in [0.4, 0.5) is 11.4 Å². The fourth-order valence-corrected chi connectivity index (χ4v) is 3.06. The smallest absolute Gasteiger partial charge is 0.253 e. The zero-order chi connectivity index (χ0) is 18.5. The molecule has 136 valence electrons. The molecule has 1 fully saturated rings. The molecule has 1 aromatic carbocycles. The standard InChI is InChI=1S/C19H22N4O3/c1-26-15-4-5-16(20)17(11-15)22-18(24)14-3-2-10-23(12-14)19(25)13-6-8-21-9-7-13/h4-9,11,14H,2-3,10,12,20H2,1H3,(H,22,24). The number of hydrogen-bond donors (Lipinski definition) is 2. The van der Waals surface area contributed by atoms with Crippen molar-refractivity contribution in [3.63, 3.8) is 0 Å². The molecular formula is C19H22N4O3. The second-order valence-corrected chi connectivity index (χ2v) is 6.27. The van der Waals surface area contributed by atoms with Gasteiger partial charge in [-0.3, -0.25) is 14.6 Å². The molecule has 2 amide bonds. The van der Waals surface area contributed by atoms with E-state index < -0.39 is 0 Å². The maximum atomic E-state index is 12.7. The number of carbonyl (C=O) groups excluding carboxylic acids is 2. The van der Waals surface area contributed by atoms with Crippen LogP contribution in [0.1, 0.15) is 23.2 Å². The number of pyridine rings is 1. The van der Waals surface area contributed by atoms with Crippen LogP contribution in [0.25, 0.3) is 0 Å². The van der Waals surface area contributed by atoms with Crippen molar-refractivity contribution in [3.05, 3.63) is 48.3 Å². The summed E-state index contributed by atoms with van der Waals surface area (Å²) in [7, 11) is 1.56. The number of nitrogens with one attached hydrogen (secondary N) is 1. The number of nitrogen functional groups attached to an aromatic ring is 1. The molecule has 1 saturated heterocycles. The van der Waals surface area contributed by atoms with Gasteiger partial charge in [-0.2, -0.15) is 0 Å². The fraction of sp³-hybridized carbons (Fsp3) is 0.316. The van der Waals surface area contributed by atoms with Crippen LogP contribution in [0, 0.1) is 5.92 Å². The van der Waals surface area contributed by atoms with E-state index in [-0.39, 0.29) is 17.7 Å². The first-order valence-electron chi connectivity index (χ1n) is 8.52. The summed E-state index contributed by atoms with van der Waals surface area (Å²) < 4.78 is 5.17. The van der Waals surface area contributed by atoms with E-state index in [9.17, 15) is 9.59 Å². The van der Waals surface area contributed by atoms with Crippen molar-refractivity contribution in [1.82, 2.24) is 9.88 Å². The molecule has 1 aromatic heterocycles. The second kappa shape index (κ2) is 7.86. The molecule has 1 atom stereocenters. The summed E-state index contributed by atoms with van der Waals surface area (Å²) in [4.78, 5) is 30.9. The molecule has 7 heteroatoms. The van der Waals surface area contributed by atoms with Crippen LogP contribution in [0.2, 0.25) is 0 Å². The number of amides is 2. The minimum Gasteiger partial charge on any atom is -0.497 e. The molecule has 1 aliphatic heterocycles. The Labute approximate surface area is 152 Å². The third kappa shape index (κ3) is 3.93. The van der Waals surface area contributed by atoms with Crippen molar-refractivity contribution >= 4 is 23.2 Å². The van der Waals surface area contributed by atoms with E-state index >= 15 is 0 Å². The molecule has 0 aliphatic carbocycles. The Morgan fingerprint density at radius 2 is 2.04 bits per heavy atom. The summed E-state index contributed by atoms with van der Waals surface area (Å²) in [6, 6.07) is 8.48. The van der Waals surface area contributed by atoms with Crippen molar-refractivity contribution in [2.24, 2.45) is 5.92 Å². The van der Waals surface area contributed by atoms with Gasteiger partial charge < -0.3 is 20.7 Å². The maximum absolute atomic E-state index is 12.7. The van der Waals surface area contributed by atoms with E-state index in [4.69, 9.17) is 10.5 Å². The summed E-state index contributed by atoms with van der Waals surface area (Å²) in [6.07, 6.45) is 4.69. The highest BCUT2D eigenvalue weighted by molar-refractivity contribution is 5.97. The fourth-order valence-electron chi connectivity index (χ4n) is 3.06. The lowest BCUT2D eigenvalue weighted by Gasteiger charge is -2.32. The summed E-state index contributed by atoms with van der Waals surface area (Å²) >= 11 is 0. The number of piperidine rings is 1. The molecule has 1 unspecified atom stereocenters. The van der Waals surface area contributed by atoms with Gasteiger partial charge in [0.1, 0.15) is 5.75 Å². The van der Waals surface area contributed by atoms with E-state index in [1.807, 2.05) is 0 Å². The second-order valence-electron chi connectivity index (χ2n) is 6.27. The van der Waals surface area contributed by atoms with Crippen LogP contribution in [0.3, 0.4) is 0 Å². The molecule has 7 nitrogen and oxygen atoms in total. The maximum Gasteiger partial charge on any atom is 0.253 e. The number of carbonyl (C=O) groups is 2. The first-order valence-corrected chi connectivity index (χ1v) is 8.52. The van der Waals surface area contributed by atoms with Crippen LogP contribution < -0.4 is 15.8 Å². The Morgan fingerprint density at radius 1 is 1.27 bits per heavy atom. The normalized spacial score (nSPS) is 16.8. The molecule has 0 radical (unpaired) electrons. The number of ether oxygens (including phenoxy) is 1. The number of aromatic nitrogens is 1. The average Bonchev–Trinajstić information content (AvgIpc) is 2.69. The topological polar surface area (TPSA) is 97.5 Å². The average molecular weight is 354 g/mol. The van der Waals surface area contributed by atoms with Gasteiger partial charge in [0, 0.05) is 37.1 Å². The van der Waals surface area contributed by atoms with Crippen LogP contribution in [-0.2, 0) is 4.79 Å². The quantitative estimate of drug-likeness (QED) is 0.820. The predicted molar refractivity (Wildman–Crippen MR) is 98.9 cm³/mol. The number of nitrogens with zero attached hydrogens (tertiary/aromatic N) is 2. The Balaban J connectivity index is 1.67. The molecule has 0 spiro atoms. The monoisotopic (exact) mass is 354 g/mol. The lowest BCUT2D eigenvalue weighted by molar-refractivity contribution is -0.121. The lowest BCUT2D eigenvalue weighted by atomic mass is 9.96. The largest absolute Gasteiger partial charge is 0.497 e. The van der Waals surface area contributed by atoms with Gasteiger partial charge in [0.2, 0.25) is 5.91 Å². The van der Waals surface area contributed by atoms with E-state index in [2.05, 4.69) is 10.3 Å². The van der Waals surface area contributed by atoms with Crippen LogP contribution in [-0.4, -0.2) is 41.9 Å². The number of benzene rings is 1. The lowest BCUT2D eigenvalue weighted by Crippen LogP contribution is -2.43. The Morgan fingerprint density at radius 3 is 2.77 bits per heavy atom. The summed E-state index contributed by atoms with van der Waals surface area (Å²) in [5, 5.41) is 2.86. The van der Waals surface area contributed by atoms with Crippen LogP contribution in [0.5, 0.6) is 5.75 Å². The minimum absolute atomic E-state index is 0.0780. The van der Waals surface area contributed by atoms with Gasteiger partial charge in [-0.1, -0.05) is 0 Å². The zero-order valence-electron chi connectivity index (χ0n) is 14.6. The van der Waals surface area contributed by atoms with Gasteiger partial charge in [-0.15, -0.1) is 0 Å². The van der Waals surface area contributed by atoms with Gasteiger partial charge in [-0.25, -0.2) is 0 Å². The number of methoxy groups -OCH3 is 1. The molecule has 1 aliphatic rings. The number of anilines is 2. The molecule has 26 heavy (non-hydrogen) atoms. The zero-order valence-corrected chi connectivity index (χ0v) is 14.6. The SMILES string of the molecule is COc1ccc(N)c(NC(=O)C2CCCN(C(=O)c3ccncc3)C2)c1. The van der Waals surface area contributed by atoms with Crippen LogP contribution in [0.15, 0.2) is 42.7 Å². The number of nitrogens with two attached hydrogens (primary N) is 1. The molecule has 3 rings (SSSR count). The number of rotatable bonds is 4. The Hall–Kier alpha value is -3.09.